The topological polar surface area (TPSA) is 25.2 Å². The van der Waals surface area contributed by atoms with E-state index in [1.807, 2.05) is 0 Å². The SMILES string of the molecule is Cc1ccc2c(c1)c1c(n2CC(=O)CC(C)C)CCN(C)C1. The lowest BCUT2D eigenvalue weighted by atomic mass is 10.0. The van der Waals surface area contributed by atoms with Crippen molar-refractivity contribution in [1.29, 1.82) is 0 Å². The lowest BCUT2D eigenvalue weighted by Crippen LogP contribution is -2.28. The smallest absolute Gasteiger partial charge is 0.152 e. The molecule has 2 heterocycles. The van der Waals surface area contributed by atoms with E-state index in [-0.39, 0.29) is 0 Å². The summed E-state index contributed by atoms with van der Waals surface area (Å²) in [5.41, 5.74) is 5.30. The number of hydrogen-bond acceptors (Lipinski definition) is 2. The zero-order chi connectivity index (χ0) is 15.9. The number of aryl methyl sites for hydroxylation is 1. The Kier molecular flexibility index (Phi) is 4.09. The van der Waals surface area contributed by atoms with Crippen LogP contribution in [0.2, 0.25) is 0 Å². The van der Waals surface area contributed by atoms with E-state index in [0.717, 1.165) is 19.5 Å². The van der Waals surface area contributed by atoms with Crippen LogP contribution in [0.3, 0.4) is 0 Å². The third-order valence-electron chi connectivity index (χ3n) is 4.57. The summed E-state index contributed by atoms with van der Waals surface area (Å²) < 4.78 is 2.28. The molecule has 0 atom stereocenters. The Bertz CT molecular complexity index is 712. The zero-order valence-electron chi connectivity index (χ0n) is 14.1. The molecule has 0 fully saturated rings. The molecular weight excluding hydrogens is 272 g/mol. The molecule has 2 aromatic rings. The number of fused-ring (bicyclic) bond motifs is 3. The fourth-order valence-corrected chi connectivity index (χ4v) is 3.58. The highest BCUT2D eigenvalue weighted by Crippen LogP contribution is 2.31. The fraction of sp³-hybridized carbons (Fsp3) is 0.526. The molecule has 0 saturated carbocycles. The average molecular weight is 298 g/mol. The molecule has 3 rings (SSSR count). The van der Waals surface area contributed by atoms with Crippen molar-refractivity contribution in [1.82, 2.24) is 9.47 Å². The first-order valence-electron chi connectivity index (χ1n) is 8.26. The maximum Gasteiger partial charge on any atom is 0.152 e. The van der Waals surface area contributed by atoms with Crippen LogP contribution < -0.4 is 0 Å². The number of likely N-dealkylation sites (N-methyl/N-ethyl adjacent to an activating group) is 1. The first kappa shape index (κ1) is 15.3. The summed E-state index contributed by atoms with van der Waals surface area (Å²) in [5, 5.41) is 1.33. The van der Waals surface area contributed by atoms with E-state index in [1.54, 1.807) is 0 Å². The molecule has 3 heteroatoms. The van der Waals surface area contributed by atoms with E-state index in [9.17, 15) is 4.79 Å². The van der Waals surface area contributed by atoms with Gasteiger partial charge in [-0.25, -0.2) is 0 Å². The Morgan fingerprint density at radius 3 is 2.82 bits per heavy atom. The summed E-state index contributed by atoms with van der Waals surface area (Å²) >= 11 is 0. The predicted molar refractivity (Wildman–Crippen MR) is 91.2 cm³/mol. The largest absolute Gasteiger partial charge is 0.337 e. The van der Waals surface area contributed by atoms with Crippen LogP contribution in [0.1, 0.15) is 37.1 Å². The fourth-order valence-electron chi connectivity index (χ4n) is 3.58. The molecule has 1 aliphatic heterocycles. The van der Waals surface area contributed by atoms with Gasteiger partial charge in [0.15, 0.2) is 5.78 Å². The maximum absolute atomic E-state index is 12.4. The van der Waals surface area contributed by atoms with Crippen molar-refractivity contribution in [2.75, 3.05) is 13.6 Å². The summed E-state index contributed by atoms with van der Waals surface area (Å²) in [6.07, 6.45) is 1.70. The van der Waals surface area contributed by atoms with Gasteiger partial charge in [0.05, 0.1) is 6.54 Å². The van der Waals surface area contributed by atoms with E-state index in [1.165, 1.54) is 27.7 Å². The van der Waals surface area contributed by atoms with Crippen molar-refractivity contribution in [3.63, 3.8) is 0 Å². The standard InChI is InChI=1S/C19H26N2O/c1-13(2)9-15(22)11-21-18-6-5-14(3)10-16(18)17-12-20(4)8-7-19(17)21/h5-6,10,13H,7-9,11-12H2,1-4H3. The molecule has 0 bridgehead atoms. The first-order chi connectivity index (χ1) is 10.5. The van der Waals surface area contributed by atoms with Gasteiger partial charge >= 0.3 is 0 Å². The molecule has 0 spiro atoms. The quantitative estimate of drug-likeness (QED) is 0.862. The molecule has 0 aliphatic carbocycles. The Morgan fingerprint density at radius 1 is 1.32 bits per heavy atom. The van der Waals surface area contributed by atoms with Gasteiger partial charge in [0.25, 0.3) is 0 Å². The summed E-state index contributed by atoms with van der Waals surface area (Å²) in [4.78, 5) is 14.7. The van der Waals surface area contributed by atoms with Crippen molar-refractivity contribution >= 4 is 16.7 Å². The summed E-state index contributed by atoms with van der Waals surface area (Å²) in [7, 11) is 2.17. The molecule has 22 heavy (non-hydrogen) atoms. The second-order valence-corrected chi connectivity index (χ2v) is 7.16. The Morgan fingerprint density at radius 2 is 2.09 bits per heavy atom. The van der Waals surface area contributed by atoms with Crippen molar-refractivity contribution in [3.05, 3.63) is 35.0 Å². The highest BCUT2D eigenvalue weighted by atomic mass is 16.1. The maximum atomic E-state index is 12.4. The number of benzene rings is 1. The average Bonchev–Trinajstić information content (AvgIpc) is 2.71. The molecular formula is C19H26N2O. The number of nitrogens with zero attached hydrogens (tertiary/aromatic N) is 2. The molecule has 118 valence electrons. The van der Waals surface area contributed by atoms with Crippen LogP contribution in [0.15, 0.2) is 18.2 Å². The highest BCUT2D eigenvalue weighted by molar-refractivity contribution is 5.89. The van der Waals surface area contributed by atoms with Gasteiger partial charge < -0.3 is 9.47 Å². The molecule has 0 saturated heterocycles. The van der Waals surface area contributed by atoms with Crippen LogP contribution in [0, 0.1) is 12.8 Å². The van der Waals surface area contributed by atoms with Crippen LogP contribution in [0.5, 0.6) is 0 Å². The number of carbonyl (C=O) groups is 1. The van der Waals surface area contributed by atoms with Gasteiger partial charge in [-0.2, -0.15) is 0 Å². The van der Waals surface area contributed by atoms with Gasteiger partial charge in [-0.1, -0.05) is 25.5 Å². The van der Waals surface area contributed by atoms with Crippen LogP contribution in [-0.2, 0) is 24.3 Å². The molecule has 3 nitrogen and oxygen atoms in total. The molecule has 1 aromatic carbocycles. The minimum atomic E-state index is 0.342. The van der Waals surface area contributed by atoms with E-state index < -0.39 is 0 Å². The minimum Gasteiger partial charge on any atom is -0.337 e. The second-order valence-electron chi connectivity index (χ2n) is 7.16. The number of Topliss-reactive ketones (excluding diaryl/α,β-unsaturated/α-hetero) is 1. The van der Waals surface area contributed by atoms with Crippen molar-refractivity contribution < 1.29 is 4.79 Å². The number of aromatic nitrogens is 1. The zero-order valence-corrected chi connectivity index (χ0v) is 14.1. The monoisotopic (exact) mass is 298 g/mol. The summed E-state index contributed by atoms with van der Waals surface area (Å²) in [5.74, 6) is 0.771. The third-order valence-corrected chi connectivity index (χ3v) is 4.57. The van der Waals surface area contributed by atoms with E-state index in [0.29, 0.717) is 24.7 Å². The predicted octanol–water partition coefficient (Wildman–Crippen LogP) is 3.55. The third kappa shape index (κ3) is 2.82. The Hall–Kier alpha value is -1.61. The molecule has 0 unspecified atom stereocenters. The van der Waals surface area contributed by atoms with E-state index in [2.05, 4.69) is 55.5 Å². The van der Waals surface area contributed by atoms with Gasteiger partial charge in [0.2, 0.25) is 0 Å². The minimum absolute atomic E-state index is 0.342. The highest BCUT2D eigenvalue weighted by Gasteiger charge is 2.23. The number of carbonyl (C=O) groups excluding carboxylic acids is 1. The lowest BCUT2D eigenvalue weighted by Gasteiger charge is -2.24. The number of hydrogen-bond donors (Lipinski definition) is 0. The lowest BCUT2D eigenvalue weighted by molar-refractivity contribution is -0.120. The van der Waals surface area contributed by atoms with Crippen molar-refractivity contribution in [2.24, 2.45) is 5.92 Å². The van der Waals surface area contributed by atoms with Crippen LogP contribution in [-0.4, -0.2) is 28.8 Å². The van der Waals surface area contributed by atoms with Crippen molar-refractivity contribution in [3.8, 4) is 0 Å². The Balaban J connectivity index is 2.07. The number of rotatable bonds is 4. The van der Waals surface area contributed by atoms with Gasteiger partial charge in [0.1, 0.15) is 0 Å². The summed E-state index contributed by atoms with van der Waals surface area (Å²) in [6.45, 7) is 8.94. The van der Waals surface area contributed by atoms with Gasteiger partial charge in [-0.05, 0) is 37.6 Å². The van der Waals surface area contributed by atoms with Crippen LogP contribution in [0.4, 0.5) is 0 Å². The second kappa shape index (κ2) is 5.88. The van der Waals surface area contributed by atoms with Gasteiger partial charge in [0, 0.05) is 42.5 Å². The van der Waals surface area contributed by atoms with Crippen molar-refractivity contribution in [2.45, 2.75) is 46.7 Å². The molecule has 0 N–H and O–H groups in total. The normalized spacial score (nSPS) is 15.5. The van der Waals surface area contributed by atoms with Crippen LogP contribution in [0.25, 0.3) is 10.9 Å². The summed E-state index contributed by atoms with van der Waals surface area (Å²) in [6, 6.07) is 6.61. The van der Waals surface area contributed by atoms with Gasteiger partial charge in [-0.3, -0.25) is 4.79 Å². The van der Waals surface area contributed by atoms with Gasteiger partial charge in [-0.15, -0.1) is 0 Å². The molecule has 1 aliphatic rings. The molecule has 0 radical (unpaired) electrons. The Labute approximate surface area is 132 Å². The van der Waals surface area contributed by atoms with E-state index in [4.69, 9.17) is 0 Å². The van der Waals surface area contributed by atoms with E-state index >= 15 is 0 Å². The molecule has 1 aromatic heterocycles. The first-order valence-corrected chi connectivity index (χ1v) is 8.26. The van der Waals surface area contributed by atoms with Crippen LogP contribution >= 0.6 is 0 Å². The molecule has 0 amide bonds. The number of ketones is 1.